The van der Waals surface area contributed by atoms with Gasteiger partial charge in [-0.05, 0) is 38.5 Å². The molecule has 1 saturated heterocycles. The highest BCUT2D eigenvalue weighted by molar-refractivity contribution is 5.99. The third kappa shape index (κ3) is 2.70. The minimum absolute atomic E-state index is 0.0241. The van der Waals surface area contributed by atoms with Crippen LogP contribution in [0.15, 0.2) is 0 Å². The van der Waals surface area contributed by atoms with E-state index in [1.54, 1.807) is 0 Å². The molecule has 2 atom stereocenters. The van der Waals surface area contributed by atoms with Crippen LogP contribution in [0, 0.1) is 5.92 Å². The molecular weight excluding hydrogens is 252 g/mol. The van der Waals surface area contributed by atoms with Crippen LogP contribution in [0.25, 0.3) is 0 Å². The number of amides is 2. The molecule has 2 aliphatic rings. The fraction of sp³-hybridized carbons (Fsp3) is 0.875. The van der Waals surface area contributed by atoms with Crippen molar-refractivity contribution in [1.82, 2.24) is 10.2 Å². The van der Waals surface area contributed by atoms with Crippen LogP contribution in [0.4, 0.5) is 0 Å². The summed E-state index contributed by atoms with van der Waals surface area (Å²) in [5, 5.41) is 2.93. The van der Waals surface area contributed by atoms with E-state index in [1.165, 1.54) is 25.7 Å². The van der Waals surface area contributed by atoms with Gasteiger partial charge in [-0.25, -0.2) is 0 Å². The van der Waals surface area contributed by atoms with Gasteiger partial charge in [0.25, 0.3) is 0 Å². The third-order valence-corrected chi connectivity index (χ3v) is 5.14. The second-order valence-electron chi connectivity index (χ2n) is 6.54. The van der Waals surface area contributed by atoms with Gasteiger partial charge in [-0.3, -0.25) is 9.59 Å². The van der Waals surface area contributed by atoms with Gasteiger partial charge in [-0.1, -0.05) is 33.1 Å². The molecule has 1 saturated carbocycles. The first kappa shape index (κ1) is 15.3. The minimum atomic E-state index is -0.663. The molecule has 1 aliphatic carbocycles. The maximum atomic E-state index is 12.7. The Morgan fingerprint density at radius 3 is 2.45 bits per heavy atom. The molecule has 0 spiro atoms. The molecule has 2 amide bonds. The Kier molecular flexibility index (Phi) is 4.71. The van der Waals surface area contributed by atoms with Gasteiger partial charge in [0.1, 0.15) is 11.6 Å². The Balaban J connectivity index is 2.19. The fourth-order valence-electron chi connectivity index (χ4n) is 3.51. The highest BCUT2D eigenvalue weighted by Gasteiger charge is 2.48. The molecule has 0 aromatic rings. The van der Waals surface area contributed by atoms with Gasteiger partial charge in [-0.15, -0.1) is 0 Å². The van der Waals surface area contributed by atoms with E-state index >= 15 is 0 Å². The summed E-state index contributed by atoms with van der Waals surface area (Å²) >= 11 is 0. The van der Waals surface area contributed by atoms with Crippen molar-refractivity contribution in [3.63, 3.8) is 0 Å². The average molecular weight is 280 g/mol. The molecule has 114 valence electrons. The summed E-state index contributed by atoms with van der Waals surface area (Å²) in [5.41, 5.74) is -0.663. The van der Waals surface area contributed by atoms with Gasteiger partial charge < -0.3 is 10.2 Å². The zero-order valence-electron chi connectivity index (χ0n) is 13.1. The van der Waals surface area contributed by atoms with Crippen LogP contribution in [0.1, 0.15) is 65.7 Å². The van der Waals surface area contributed by atoms with Crippen molar-refractivity contribution in [2.24, 2.45) is 5.92 Å². The predicted octanol–water partition coefficient (Wildman–Crippen LogP) is 2.47. The van der Waals surface area contributed by atoms with Gasteiger partial charge in [0, 0.05) is 6.54 Å². The molecule has 2 unspecified atom stereocenters. The number of rotatable bonds is 5. The summed E-state index contributed by atoms with van der Waals surface area (Å²) < 4.78 is 0. The van der Waals surface area contributed by atoms with Crippen LogP contribution in [0.5, 0.6) is 0 Å². The van der Waals surface area contributed by atoms with Crippen LogP contribution in [-0.2, 0) is 9.59 Å². The lowest BCUT2D eigenvalue weighted by Crippen LogP contribution is -2.69. The van der Waals surface area contributed by atoms with E-state index in [0.29, 0.717) is 12.3 Å². The smallest absolute Gasteiger partial charge is 0.246 e. The molecule has 2 fully saturated rings. The Labute approximate surface area is 122 Å². The van der Waals surface area contributed by atoms with E-state index in [2.05, 4.69) is 5.32 Å². The first-order valence-corrected chi connectivity index (χ1v) is 8.15. The van der Waals surface area contributed by atoms with Crippen molar-refractivity contribution in [3.8, 4) is 0 Å². The lowest BCUT2D eigenvalue weighted by atomic mass is 9.88. The van der Waals surface area contributed by atoms with Crippen LogP contribution >= 0.6 is 0 Å². The molecule has 1 heterocycles. The highest BCUT2D eigenvalue weighted by atomic mass is 16.2. The summed E-state index contributed by atoms with van der Waals surface area (Å²) in [4.78, 5) is 27.1. The molecule has 0 aromatic carbocycles. The average Bonchev–Trinajstić information content (AvgIpc) is 2.94. The first-order valence-electron chi connectivity index (χ1n) is 8.15. The lowest BCUT2D eigenvalue weighted by Gasteiger charge is -2.47. The topological polar surface area (TPSA) is 49.4 Å². The maximum absolute atomic E-state index is 12.7. The van der Waals surface area contributed by atoms with Crippen molar-refractivity contribution in [1.29, 1.82) is 0 Å². The van der Waals surface area contributed by atoms with Gasteiger partial charge >= 0.3 is 0 Å². The van der Waals surface area contributed by atoms with Crippen LogP contribution in [-0.4, -0.2) is 34.8 Å². The zero-order chi connectivity index (χ0) is 14.8. The first-order chi connectivity index (χ1) is 9.52. The van der Waals surface area contributed by atoms with E-state index in [4.69, 9.17) is 0 Å². The molecule has 4 heteroatoms. The van der Waals surface area contributed by atoms with Crippen molar-refractivity contribution in [3.05, 3.63) is 0 Å². The summed E-state index contributed by atoms with van der Waals surface area (Å²) in [6, 6.07) is -0.312. The summed E-state index contributed by atoms with van der Waals surface area (Å²) in [5.74, 6) is 0.733. The number of piperazine rings is 1. The third-order valence-electron chi connectivity index (χ3n) is 5.14. The predicted molar refractivity (Wildman–Crippen MR) is 79.2 cm³/mol. The monoisotopic (exact) mass is 280 g/mol. The molecule has 20 heavy (non-hydrogen) atoms. The zero-order valence-corrected chi connectivity index (χ0v) is 13.1. The number of carbonyl (C=O) groups excluding carboxylic acids is 2. The largest absolute Gasteiger partial charge is 0.342 e. The van der Waals surface area contributed by atoms with E-state index in [-0.39, 0.29) is 17.9 Å². The molecular formula is C16H28N2O2. The normalized spacial score (nSPS) is 31.8. The van der Waals surface area contributed by atoms with Crippen molar-refractivity contribution >= 4 is 11.8 Å². The maximum Gasteiger partial charge on any atom is 0.246 e. The van der Waals surface area contributed by atoms with Gasteiger partial charge in [0.2, 0.25) is 11.8 Å². The van der Waals surface area contributed by atoms with Gasteiger partial charge in [-0.2, -0.15) is 0 Å². The molecule has 1 N–H and O–H groups in total. The second kappa shape index (κ2) is 6.15. The van der Waals surface area contributed by atoms with E-state index in [1.807, 2.05) is 25.7 Å². The van der Waals surface area contributed by atoms with E-state index < -0.39 is 5.54 Å². The number of nitrogens with zero attached hydrogens (tertiary/aromatic N) is 1. The quantitative estimate of drug-likeness (QED) is 0.841. The van der Waals surface area contributed by atoms with Crippen LogP contribution < -0.4 is 5.32 Å². The SMILES string of the molecule is CCCC1NC(=O)C(C)(CC)N(CC2CCCC2)C1=O. The number of hydrogen-bond acceptors (Lipinski definition) is 2. The molecule has 1 aliphatic heterocycles. The summed E-state index contributed by atoms with van der Waals surface area (Å²) in [6.45, 7) is 6.72. The van der Waals surface area contributed by atoms with Gasteiger partial charge in [0.15, 0.2) is 0 Å². The molecule has 0 bridgehead atoms. The lowest BCUT2D eigenvalue weighted by molar-refractivity contribution is -0.157. The Morgan fingerprint density at radius 2 is 1.90 bits per heavy atom. The fourth-order valence-corrected chi connectivity index (χ4v) is 3.51. The van der Waals surface area contributed by atoms with E-state index in [0.717, 1.165) is 19.4 Å². The number of hydrogen-bond donors (Lipinski definition) is 1. The van der Waals surface area contributed by atoms with Crippen LogP contribution in [0.2, 0.25) is 0 Å². The minimum Gasteiger partial charge on any atom is -0.342 e. The molecule has 0 aromatic heterocycles. The number of carbonyl (C=O) groups is 2. The van der Waals surface area contributed by atoms with Gasteiger partial charge in [0.05, 0.1) is 0 Å². The van der Waals surface area contributed by atoms with Crippen molar-refractivity contribution in [2.45, 2.75) is 77.3 Å². The molecule has 4 nitrogen and oxygen atoms in total. The van der Waals surface area contributed by atoms with Crippen molar-refractivity contribution in [2.75, 3.05) is 6.54 Å². The molecule has 2 rings (SSSR count). The summed E-state index contributed by atoms with van der Waals surface area (Å²) in [6.07, 6.45) is 7.26. The van der Waals surface area contributed by atoms with E-state index in [9.17, 15) is 9.59 Å². The number of nitrogens with one attached hydrogen (secondary N) is 1. The summed E-state index contributed by atoms with van der Waals surface area (Å²) in [7, 11) is 0. The Bertz CT molecular complexity index is 377. The van der Waals surface area contributed by atoms with Crippen LogP contribution in [0.3, 0.4) is 0 Å². The highest BCUT2D eigenvalue weighted by Crippen LogP contribution is 2.32. The Hall–Kier alpha value is -1.06. The Morgan fingerprint density at radius 1 is 1.25 bits per heavy atom. The molecule has 0 radical (unpaired) electrons. The standard InChI is InChI=1S/C16H28N2O2/c1-4-8-13-14(19)18(11-12-9-6-7-10-12)16(3,5-2)15(20)17-13/h12-13H,4-11H2,1-3H3,(H,17,20). The second-order valence-corrected chi connectivity index (χ2v) is 6.54. The van der Waals surface area contributed by atoms with Crippen molar-refractivity contribution < 1.29 is 9.59 Å².